The van der Waals surface area contributed by atoms with E-state index in [-0.39, 0.29) is 12.5 Å². The van der Waals surface area contributed by atoms with Crippen molar-refractivity contribution >= 4 is 50.9 Å². The molecule has 212 valence electrons. The van der Waals surface area contributed by atoms with E-state index in [0.29, 0.717) is 44.7 Å². The van der Waals surface area contributed by atoms with Crippen LogP contribution in [0.5, 0.6) is 0 Å². The van der Waals surface area contributed by atoms with Crippen molar-refractivity contribution < 1.29 is 18.8 Å². The number of aromatic amines is 1. The van der Waals surface area contributed by atoms with Gasteiger partial charge in [0.2, 0.25) is 0 Å². The lowest BCUT2D eigenvalue weighted by Gasteiger charge is -2.16. The first-order valence-corrected chi connectivity index (χ1v) is 13.5. The standard InChI is InChI=1S/C34H26FN5O3/c35-21-11-9-20(10-12-21)34(43)40-28-8-4-7-23(27(28)18-36)24-15-16-26(32(37)41)31-30(24)25-14-13-22(17-29(25)39-31)38-33(42)19-5-2-1-3-6-19/h1-17,39H,18,36H2,(H2,37,41)(H,38,42)(H,40,43). The number of halogens is 1. The van der Waals surface area contributed by atoms with Gasteiger partial charge in [0, 0.05) is 45.3 Å². The molecule has 9 heteroatoms. The number of hydrogen-bond donors (Lipinski definition) is 5. The highest BCUT2D eigenvalue weighted by Crippen LogP contribution is 2.40. The smallest absolute Gasteiger partial charge is 0.255 e. The molecule has 0 aliphatic heterocycles. The summed E-state index contributed by atoms with van der Waals surface area (Å²) in [6, 6.07) is 28.5. The van der Waals surface area contributed by atoms with Gasteiger partial charge < -0.3 is 27.1 Å². The minimum absolute atomic E-state index is 0.103. The van der Waals surface area contributed by atoms with Crippen molar-refractivity contribution in [3.05, 3.63) is 131 Å². The fraction of sp³-hybridized carbons (Fsp3) is 0.0294. The Morgan fingerprint density at radius 3 is 2.19 bits per heavy atom. The summed E-state index contributed by atoms with van der Waals surface area (Å²) in [5.41, 5.74) is 17.6. The molecule has 0 fully saturated rings. The van der Waals surface area contributed by atoms with E-state index in [1.54, 1.807) is 60.7 Å². The van der Waals surface area contributed by atoms with E-state index in [0.717, 1.165) is 21.9 Å². The van der Waals surface area contributed by atoms with Crippen LogP contribution in [0.2, 0.25) is 0 Å². The number of hydrogen-bond acceptors (Lipinski definition) is 4. The van der Waals surface area contributed by atoms with Gasteiger partial charge in [0.05, 0.1) is 11.1 Å². The lowest BCUT2D eigenvalue weighted by Crippen LogP contribution is -2.15. The Hall–Kier alpha value is -5.80. The first kappa shape index (κ1) is 27.4. The second-order valence-corrected chi connectivity index (χ2v) is 9.98. The quantitative estimate of drug-likeness (QED) is 0.156. The van der Waals surface area contributed by atoms with Crippen LogP contribution in [0.1, 0.15) is 36.6 Å². The second-order valence-electron chi connectivity index (χ2n) is 9.98. The molecule has 6 aromatic rings. The minimum atomic E-state index is -0.597. The van der Waals surface area contributed by atoms with Crippen molar-refractivity contribution in [2.24, 2.45) is 11.5 Å². The predicted molar refractivity (Wildman–Crippen MR) is 166 cm³/mol. The summed E-state index contributed by atoms with van der Waals surface area (Å²) in [6.45, 7) is 0.103. The van der Waals surface area contributed by atoms with Crippen LogP contribution in [-0.2, 0) is 6.54 Å². The van der Waals surface area contributed by atoms with E-state index in [9.17, 15) is 18.8 Å². The molecule has 0 atom stereocenters. The molecule has 0 aliphatic rings. The van der Waals surface area contributed by atoms with Gasteiger partial charge in [-0.25, -0.2) is 4.39 Å². The number of amides is 3. The molecule has 43 heavy (non-hydrogen) atoms. The van der Waals surface area contributed by atoms with Crippen molar-refractivity contribution in [2.45, 2.75) is 6.54 Å². The van der Waals surface area contributed by atoms with E-state index in [2.05, 4.69) is 15.6 Å². The molecule has 6 rings (SSSR count). The average Bonchev–Trinajstić information content (AvgIpc) is 3.40. The largest absolute Gasteiger partial charge is 0.366 e. The van der Waals surface area contributed by atoms with Crippen molar-refractivity contribution in [3.8, 4) is 11.1 Å². The summed E-state index contributed by atoms with van der Waals surface area (Å²) in [4.78, 5) is 41.4. The Labute approximate surface area is 245 Å². The third kappa shape index (κ3) is 5.20. The zero-order valence-electron chi connectivity index (χ0n) is 22.8. The van der Waals surface area contributed by atoms with Crippen LogP contribution in [0.3, 0.4) is 0 Å². The van der Waals surface area contributed by atoms with Crippen LogP contribution in [0.4, 0.5) is 15.8 Å². The maximum absolute atomic E-state index is 13.4. The molecule has 0 radical (unpaired) electrons. The van der Waals surface area contributed by atoms with E-state index in [1.807, 2.05) is 18.2 Å². The molecule has 1 heterocycles. The third-order valence-electron chi connectivity index (χ3n) is 7.34. The van der Waals surface area contributed by atoms with Gasteiger partial charge in [-0.3, -0.25) is 14.4 Å². The van der Waals surface area contributed by atoms with Crippen LogP contribution >= 0.6 is 0 Å². The summed E-state index contributed by atoms with van der Waals surface area (Å²) in [7, 11) is 0. The molecule has 1 aromatic heterocycles. The summed E-state index contributed by atoms with van der Waals surface area (Å²) >= 11 is 0. The zero-order valence-corrected chi connectivity index (χ0v) is 22.8. The monoisotopic (exact) mass is 571 g/mol. The first-order valence-electron chi connectivity index (χ1n) is 13.5. The van der Waals surface area contributed by atoms with Crippen molar-refractivity contribution in [2.75, 3.05) is 10.6 Å². The Bertz CT molecular complexity index is 2040. The van der Waals surface area contributed by atoms with Crippen LogP contribution in [0, 0.1) is 5.82 Å². The van der Waals surface area contributed by atoms with Crippen molar-refractivity contribution in [3.63, 3.8) is 0 Å². The molecule has 0 aliphatic carbocycles. The molecular weight excluding hydrogens is 545 g/mol. The molecule has 7 N–H and O–H groups in total. The van der Waals surface area contributed by atoms with Gasteiger partial charge in [-0.2, -0.15) is 0 Å². The Morgan fingerprint density at radius 1 is 0.744 bits per heavy atom. The third-order valence-corrected chi connectivity index (χ3v) is 7.34. The Kier molecular flexibility index (Phi) is 7.15. The number of H-pyrrole nitrogens is 1. The number of fused-ring (bicyclic) bond motifs is 3. The summed E-state index contributed by atoms with van der Waals surface area (Å²) in [5, 5.41) is 7.34. The highest BCUT2D eigenvalue weighted by atomic mass is 19.1. The summed E-state index contributed by atoms with van der Waals surface area (Å²) < 4.78 is 13.4. The number of aromatic nitrogens is 1. The van der Waals surface area contributed by atoms with E-state index < -0.39 is 17.6 Å². The molecular formula is C34H26FN5O3. The molecule has 0 spiro atoms. The lowest BCUT2D eigenvalue weighted by molar-refractivity contribution is 0.0997. The highest BCUT2D eigenvalue weighted by molar-refractivity contribution is 6.21. The normalized spacial score (nSPS) is 11.0. The maximum atomic E-state index is 13.4. The van der Waals surface area contributed by atoms with E-state index in [4.69, 9.17) is 11.5 Å². The predicted octanol–water partition coefficient (Wildman–Crippen LogP) is 6.19. The number of primary amides is 1. The topological polar surface area (TPSA) is 143 Å². The molecule has 0 saturated carbocycles. The van der Waals surface area contributed by atoms with Gasteiger partial charge in [-0.15, -0.1) is 0 Å². The van der Waals surface area contributed by atoms with Gasteiger partial charge in [0.15, 0.2) is 0 Å². The first-order chi connectivity index (χ1) is 20.8. The molecule has 8 nitrogen and oxygen atoms in total. The van der Waals surface area contributed by atoms with Gasteiger partial charge in [0.1, 0.15) is 5.82 Å². The fourth-order valence-corrected chi connectivity index (χ4v) is 5.28. The number of carbonyl (C=O) groups is 3. The number of carbonyl (C=O) groups excluding carboxylic acids is 3. The summed E-state index contributed by atoms with van der Waals surface area (Å²) in [5.74, 6) is -1.69. The fourth-order valence-electron chi connectivity index (χ4n) is 5.28. The van der Waals surface area contributed by atoms with Gasteiger partial charge in [0.25, 0.3) is 17.7 Å². The second kappa shape index (κ2) is 11.2. The van der Waals surface area contributed by atoms with Crippen LogP contribution < -0.4 is 22.1 Å². The van der Waals surface area contributed by atoms with E-state index in [1.165, 1.54) is 24.3 Å². The van der Waals surface area contributed by atoms with Crippen molar-refractivity contribution in [1.82, 2.24) is 4.98 Å². The zero-order chi connectivity index (χ0) is 30.1. The summed E-state index contributed by atoms with van der Waals surface area (Å²) in [6.07, 6.45) is 0. The Morgan fingerprint density at radius 2 is 1.47 bits per heavy atom. The SMILES string of the molecule is NCc1c(NC(=O)c2ccc(F)cc2)cccc1-c1ccc(C(N)=O)c2[nH]c3cc(NC(=O)c4ccccc4)ccc3c12. The molecule has 3 amide bonds. The molecule has 0 saturated heterocycles. The Balaban J connectivity index is 1.45. The van der Waals surface area contributed by atoms with E-state index >= 15 is 0 Å². The minimum Gasteiger partial charge on any atom is -0.366 e. The van der Waals surface area contributed by atoms with Crippen LogP contribution in [-0.4, -0.2) is 22.7 Å². The van der Waals surface area contributed by atoms with Gasteiger partial charge >= 0.3 is 0 Å². The van der Waals surface area contributed by atoms with Crippen LogP contribution in [0.15, 0.2) is 103 Å². The maximum Gasteiger partial charge on any atom is 0.255 e. The number of benzene rings is 5. The number of rotatable bonds is 7. The molecule has 0 bridgehead atoms. The van der Waals surface area contributed by atoms with Gasteiger partial charge in [-0.05, 0) is 77.4 Å². The average molecular weight is 572 g/mol. The van der Waals surface area contributed by atoms with Gasteiger partial charge in [-0.1, -0.05) is 42.5 Å². The lowest BCUT2D eigenvalue weighted by atomic mass is 9.92. The highest BCUT2D eigenvalue weighted by Gasteiger charge is 2.20. The molecule has 0 unspecified atom stereocenters. The van der Waals surface area contributed by atoms with Crippen LogP contribution in [0.25, 0.3) is 32.9 Å². The molecule has 5 aromatic carbocycles. The van der Waals surface area contributed by atoms with Crippen molar-refractivity contribution in [1.29, 1.82) is 0 Å². The number of nitrogens with two attached hydrogens (primary N) is 2. The number of anilines is 2. The number of nitrogens with one attached hydrogen (secondary N) is 3.